The molecule has 2 aromatic heterocycles. The van der Waals surface area contributed by atoms with Crippen LogP contribution in [-0.2, 0) is 14.3 Å². The van der Waals surface area contributed by atoms with Crippen molar-refractivity contribution in [3.8, 4) is 33.6 Å². The van der Waals surface area contributed by atoms with Gasteiger partial charge in [-0.2, -0.15) is 0 Å². The molecule has 3 N–H and O–H groups in total. The van der Waals surface area contributed by atoms with Gasteiger partial charge in [-0.3, -0.25) is 9.59 Å². The summed E-state index contributed by atoms with van der Waals surface area (Å²) in [4.78, 5) is 58.9. The molecule has 1 aliphatic heterocycles. The van der Waals surface area contributed by atoms with Gasteiger partial charge in [0.05, 0.1) is 36.9 Å². The number of hydrogen-bond donors (Lipinski definition) is 3. The van der Waals surface area contributed by atoms with Crippen LogP contribution in [0.1, 0.15) is 90.3 Å². The van der Waals surface area contributed by atoms with E-state index in [2.05, 4.69) is 77.7 Å². The fourth-order valence-corrected chi connectivity index (χ4v) is 7.68. The second-order valence-electron chi connectivity index (χ2n) is 15.2. The number of H-pyrrole nitrogens is 2. The first-order valence-corrected chi connectivity index (χ1v) is 18.7. The topological polar surface area (TPSA) is 136 Å². The summed E-state index contributed by atoms with van der Waals surface area (Å²) in [5.74, 6) is 2.11. The Kier molecular flexibility index (Phi) is 11.2. The number of nitrogens with zero attached hydrogens (tertiary/aromatic N) is 4. The van der Waals surface area contributed by atoms with Crippen LogP contribution in [-0.4, -0.2) is 80.4 Å². The molecule has 1 saturated carbocycles. The number of benzene rings is 2. The summed E-state index contributed by atoms with van der Waals surface area (Å²) in [7, 11) is 3.12. The molecule has 11 heteroatoms. The molecule has 3 amide bonds. The van der Waals surface area contributed by atoms with E-state index < -0.39 is 12.1 Å². The maximum Gasteiger partial charge on any atom is 0.407 e. The fraction of sp³-hybridized carbons (Fsp3) is 0.488. The van der Waals surface area contributed by atoms with Crippen molar-refractivity contribution < 1.29 is 19.1 Å². The molecule has 2 fully saturated rings. The third-order valence-electron chi connectivity index (χ3n) is 11.2. The summed E-state index contributed by atoms with van der Waals surface area (Å²) in [5, 5.41) is 2.71. The van der Waals surface area contributed by atoms with E-state index in [9.17, 15) is 14.4 Å². The number of imidazole rings is 2. The van der Waals surface area contributed by atoms with Crippen LogP contribution >= 0.6 is 0 Å². The lowest BCUT2D eigenvalue weighted by Crippen LogP contribution is -2.53. The Morgan fingerprint density at radius 1 is 0.788 bits per heavy atom. The highest BCUT2D eigenvalue weighted by molar-refractivity contribution is 5.86. The quantitative estimate of drug-likeness (QED) is 0.147. The van der Waals surface area contributed by atoms with Crippen LogP contribution in [0.25, 0.3) is 33.6 Å². The zero-order valence-electron chi connectivity index (χ0n) is 31.5. The molecule has 5 atom stereocenters. The van der Waals surface area contributed by atoms with Crippen LogP contribution in [0.15, 0.2) is 60.9 Å². The first-order chi connectivity index (χ1) is 25.0. The van der Waals surface area contributed by atoms with Crippen molar-refractivity contribution >= 4 is 17.9 Å². The number of methoxy groups -OCH3 is 1. The van der Waals surface area contributed by atoms with E-state index in [-0.39, 0.29) is 41.7 Å². The molecule has 6 rings (SSSR count). The van der Waals surface area contributed by atoms with Gasteiger partial charge >= 0.3 is 6.09 Å². The zero-order chi connectivity index (χ0) is 37.1. The highest BCUT2D eigenvalue weighted by atomic mass is 16.5. The lowest BCUT2D eigenvalue weighted by atomic mass is 9.96. The summed E-state index contributed by atoms with van der Waals surface area (Å²) in [5.41, 5.74) is 6.18. The third-order valence-corrected chi connectivity index (χ3v) is 11.2. The molecule has 2 aliphatic rings. The molecule has 3 heterocycles. The van der Waals surface area contributed by atoms with Crippen molar-refractivity contribution in [3.05, 3.63) is 72.6 Å². The van der Waals surface area contributed by atoms with Crippen LogP contribution < -0.4 is 5.32 Å². The van der Waals surface area contributed by atoms with Crippen molar-refractivity contribution in [1.82, 2.24) is 35.1 Å². The molecule has 1 aliphatic carbocycles. The van der Waals surface area contributed by atoms with E-state index in [4.69, 9.17) is 14.7 Å². The highest BCUT2D eigenvalue weighted by Gasteiger charge is 2.39. The summed E-state index contributed by atoms with van der Waals surface area (Å²) >= 11 is 0. The number of nitrogens with one attached hydrogen (secondary N) is 3. The Bertz CT molecular complexity index is 1840. The predicted octanol–water partition coefficient (Wildman–Crippen LogP) is 7.56. The smallest absolute Gasteiger partial charge is 0.407 e. The van der Waals surface area contributed by atoms with Crippen LogP contribution in [0.4, 0.5) is 4.79 Å². The van der Waals surface area contributed by atoms with E-state index in [1.54, 1.807) is 4.90 Å². The summed E-state index contributed by atoms with van der Waals surface area (Å²) in [6.07, 6.45) is 7.85. The average molecular weight is 708 g/mol. The predicted molar refractivity (Wildman–Crippen MR) is 202 cm³/mol. The average Bonchev–Trinajstić information content (AvgIpc) is 3.99. The second kappa shape index (κ2) is 15.8. The molecule has 2 aromatic carbocycles. The number of likely N-dealkylation sites (tertiary alicyclic amines) is 1. The normalized spacial score (nSPS) is 19.9. The van der Waals surface area contributed by atoms with Gasteiger partial charge in [-0.15, -0.1) is 0 Å². The van der Waals surface area contributed by atoms with E-state index in [1.807, 2.05) is 45.1 Å². The monoisotopic (exact) mass is 707 g/mol. The lowest BCUT2D eigenvalue weighted by Gasteiger charge is -2.33. The summed E-state index contributed by atoms with van der Waals surface area (Å²) < 4.78 is 4.76. The van der Waals surface area contributed by atoms with Crippen LogP contribution in [0.3, 0.4) is 0 Å². The maximum atomic E-state index is 13.5. The maximum absolute atomic E-state index is 13.5. The Labute approximate surface area is 307 Å². The van der Waals surface area contributed by atoms with Gasteiger partial charge in [0.15, 0.2) is 0 Å². The van der Waals surface area contributed by atoms with E-state index in [0.717, 1.165) is 83.9 Å². The van der Waals surface area contributed by atoms with Gasteiger partial charge in [0, 0.05) is 31.5 Å². The Morgan fingerprint density at radius 3 is 1.90 bits per heavy atom. The molecule has 0 radical (unpaired) electrons. The van der Waals surface area contributed by atoms with Crippen molar-refractivity contribution in [1.29, 1.82) is 0 Å². The third kappa shape index (κ3) is 7.64. The first-order valence-electron chi connectivity index (χ1n) is 18.7. The molecule has 52 heavy (non-hydrogen) atoms. The molecular formula is C41H53N7O4. The molecule has 1 saturated heterocycles. The summed E-state index contributed by atoms with van der Waals surface area (Å²) in [6.45, 7) is 10.8. The number of alkyl carbamates (subject to hydrolysis) is 1. The van der Waals surface area contributed by atoms with Crippen LogP contribution in [0.2, 0.25) is 0 Å². The number of rotatable bonds is 11. The van der Waals surface area contributed by atoms with Crippen molar-refractivity contribution in [2.75, 3.05) is 20.7 Å². The van der Waals surface area contributed by atoms with Gasteiger partial charge in [0.1, 0.15) is 17.7 Å². The highest BCUT2D eigenvalue weighted by Crippen LogP contribution is 2.38. The van der Waals surface area contributed by atoms with E-state index in [1.165, 1.54) is 7.11 Å². The van der Waals surface area contributed by atoms with Gasteiger partial charge in [0.2, 0.25) is 11.8 Å². The molecule has 0 unspecified atom stereocenters. The van der Waals surface area contributed by atoms with Gasteiger partial charge < -0.3 is 29.8 Å². The number of aromatic nitrogens is 4. The van der Waals surface area contributed by atoms with E-state index >= 15 is 0 Å². The Morgan fingerprint density at radius 2 is 1.35 bits per heavy atom. The SMILES string of the molecule is COC(=O)N[C@H](C(=O)N(C)[C@@H]1CCC[C@H]1c1ncc(-c2ccc(-c3ccc(-c4cnc([C@@H]5CCCN5C(=O)[C@@H](C)C(C)C)[nH]4)cc3)cc2)[nH]1)C(C)C. The molecular weight excluding hydrogens is 654 g/mol. The number of hydrogen-bond acceptors (Lipinski definition) is 6. The Hall–Kier alpha value is -4.93. The summed E-state index contributed by atoms with van der Waals surface area (Å²) in [6, 6.07) is 16.2. The number of likely N-dealkylation sites (N-methyl/N-ethyl adjacent to an activating group) is 1. The number of aromatic amines is 2. The van der Waals surface area contributed by atoms with Gasteiger partial charge in [-0.1, -0.05) is 89.6 Å². The Balaban J connectivity index is 1.10. The first kappa shape index (κ1) is 36.8. The van der Waals surface area contributed by atoms with Gasteiger partial charge in [-0.25, -0.2) is 14.8 Å². The minimum absolute atomic E-state index is 0.00403. The van der Waals surface area contributed by atoms with Gasteiger partial charge in [0.25, 0.3) is 0 Å². The lowest BCUT2D eigenvalue weighted by molar-refractivity contribution is -0.137. The molecule has 4 aromatic rings. The zero-order valence-corrected chi connectivity index (χ0v) is 31.5. The number of carbonyl (C=O) groups excluding carboxylic acids is 3. The molecule has 0 spiro atoms. The van der Waals surface area contributed by atoms with Gasteiger partial charge in [-0.05, 0) is 59.8 Å². The second-order valence-corrected chi connectivity index (χ2v) is 15.2. The van der Waals surface area contributed by atoms with Crippen molar-refractivity contribution in [2.24, 2.45) is 17.8 Å². The van der Waals surface area contributed by atoms with E-state index in [0.29, 0.717) is 5.92 Å². The number of carbonyl (C=O) groups is 3. The number of amides is 3. The van der Waals surface area contributed by atoms with Crippen molar-refractivity contribution in [2.45, 2.75) is 90.8 Å². The minimum atomic E-state index is -0.664. The number of ether oxygens (including phenoxy) is 1. The van der Waals surface area contributed by atoms with Crippen LogP contribution in [0.5, 0.6) is 0 Å². The fourth-order valence-electron chi connectivity index (χ4n) is 7.68. The molecule has 0 bridgehead atoms. The molecule has 11 nitrogen and oxygen atoms in total. The molecule has 276 valence electrons. The standard InChI is InChI=1S/C41H53N7O4/c1-24(2)26(5)39(49)48-21-9-12-35(48)38-43-23-33(45-38)30-19-15-28(16-20-30)27-13-17-29(18-14-27)32-22-42-37(44-32)31-10-8-11-34(31)47(6)40(50)36(25(3)4)46-41(51)52-7/h13-20,22-26,31,34-36H,8-12,21H2,1-7H3,(H,42,44)(H,43,45)(H,46,51)/t26-,31+,34+,35-,36-/m0/s1. The largest absolute Gasteiger partial charge is 0.453 e. The minimum Gasteiger partial charge on any atom is -0.453 e. The van der Waals surface area contributed by atoms with Crippen molar-refractivity contribution in [3.63, 3.8) is 0 Å². The van der Waals surface area contributed by atoms with Crippen LogP contribution in [0, 0.1) is 17.8 Å².